The molecule has 1 heterocycles. The van der Waals surface area contributed by atoms with Crippen molar-refractivity contribution in [2.24, 2.45) is 0 Å². The molecule has 2 aromatic carbocycles. The first-order valence-corrected chi connectivity index (χ1v) is 10.1. The fourth-order valence-corrected chi connectivity index (χ4v) is 4.17. The first-order valence-electron chi connectivity index (χ1n) is 9.75. The van der Waals surface area contributed by atoms with Crippen LogP contribution in [0.3, 0.4) is 0 Å². The number of carbonyl (C=O) groups excluding carboxylic acids is 1. The SMILES string of the molecule is COc1cccc(-c2cc(CNC(=O)C3(c4ccc(Cl)cc4)CCCC3)no2)c1. The first-order chi connectivity index (χ1) is 14.1. The largest absolute Gasteiger partial charge is 0.497 e. The van der Waals surface area contributed by atoms with Gasteiger partial charge in [-0.25, -0.2) is 0 Å². The van der Waals surface area contributed by atoms with Gasteiger partial charge in [0, 0.05) is 16.7 Å². The molecule has 1 N–H and O–H groups in total. The first kappa shape index (κ1) is 19.5. The lowest BCUT2D eigenvalue weighted by atomic mass is 9.78. The molecule has 4 rings (SSSR count). The molecule has 0 atom stereocenters. The van der Waals surface area contributed by atoms with E-state index in [1.54, 1.807) is 7.11 Å². The molecular weight excluding hydrogens is 388 g/mol. The van der Waals surface area contributed by atoms with Crippen LogP contribution >= 0.6 is 11.6 Å². The highest BCUT2D eigenvalue weighted by Crippen LogP contribution is 2.41. The topological polar surface area (TPSA) is 64.4 Å². The number of methoxy groups -OCH3 is 1. The van der Waals surface area contributed by atoms with Crippen molar-refractivity contribution >= 4 is 17.5 Å². The van der Waals surface area contributed by atoms with E-state index < -0.39 is 5.41 Å². The molecule has 3 aromatic rings. The van der Waals surface area contributed by atoms with Gasteiger partial charge in [0.25, 0.3) is 0 Å². The molecule has 1 aromatic heterocycles. The van der Waals surface area contributed by atoms with Gasteiger partial charge in [-0.05, 0) is 42.7 Å². The van der Waals surface area contributed by atoms with E-state index in [2.05, 4.69) is 10.5 Å². The van der Waals surface area contributed by atoms with Crippen molar-refractivity contribution in [3.63, 3.8) is 0 Å². The van der Waals surface area contributed by atoms with Crippen molar-refractivity contribution in [1.29, 1.82) is 0 Å². The Labute approximate surface area is 175 Å². The molecule has 1 fully saturated rings. The Morgan fingerprint density at radius 2 is 1.93 bits per heavy atom. The lowest BCUT2D eigenvalue weighted by Gasteiger charge is -2.28. The Balaban J connectivity index is 1.47. The fourth-order valence-electron chi connectivity index (χ4n) is 4.04. The van der Waals surface area contributed by atoms with Crippen LogP contribution < -0.4 is 10.1 Å². The number of hydrogen-bond acceptors (Lipinski definition) is 4. The van der Waals surface area contributed by atoms with Gasteiger partial charge in [-0.2, -0.15) is 0 Å². The monoisotopic (exact) mass is 410 g/mol. The number of rotatable bonds is 6. The third kappa shape index (κ3) is 4.01. The van der Waals surface area contributed by atoms with Gasteiger partial charge in [0.1, 0.15) is 11.4 Å². The van der Waals surface area contributed by atoms with Crippen molar-refractivity contribution in [3.8, 4) is 17.1 Å². The van der Waals surface area contributed by atoms with Gasteiger partial charge in [0.05, 0.1) is 19.1 Å². The minimum absolute atomic E-state index is 0.0308. The van der Waals surface area contributed by atoms with Crippen LogP contribution in [0.15, 0.2) is 59.1 Å². The van der Waals surface area contributed by atoms with E-state index >= 15 is 0 Å². The van der Waals surface area contributed by atoms with E-state index in [-0.39, 0.29) is 5.91 Å². The standard InChI is InChI=1S/C23H23ClN2O3/c1-28-20-6-4-5-16(13-20)21-14-19(26-29-21)15-25-22(27)23(11-2-3-12-23)17-7-9-18(24)10-8-17/h4-10,13-14H,2-3,11-12,15H2,1H3,(H,25,27). The number of hydrogen-bond donors (Lipinski definition) is 1. The predicted molar refractivity (Wildman–Crippen MR) is 112 cm³/mol. The van der Waals surface area contributed by atoms with Crippen LogP contribution in [0.4, 0.5) is 0 Å². The van der Waals surface area contributed by atoms with Crippen LogP contribution in [0.5, 0.6) is 5.75 Å². The molecule has 0 bridgehead atoms. The van der Waals surface area contributed by atoms with E-state index in [1.807, 2.05) is 54.6 Å². The highest BCUT2D eigenvalue weighted by Gasteiger charge is 2.42. The highest BCUT2D eigenvalue weighted by molar-refractivity contribution is 6.30. The summed E-state index contributed by atoms with van der Waals surface area (Å²) in [7, 11) is 1.63. The van der Waals surface area contributed by atoms with Gasteiger partial charge >= 0.3 is 0 Å². The number of nitrogens with zero attached hydrogens (tertiary/aromatic N) is 1. The lowest BCUT2D eigenvalue weighted by Crippen LogP contribution is -2.42. The zero-order valence-electron chi connectivity index (χ0n) is 16.3. The second-order valence-corrected chi connectivity index (χ2v) is 7.83. The molecule has 6 heteroatoms. The molecule has 0 unspecified atom stereocenters. The van der Waals surface area contributed by atoms with Crippen molar-refractivity contribution in [1.82, 2.24) is 10.5 Å². The molecule has 1 aliphatic rings. The van der Waals surface area contributed by atoms with E-state index in [4.69, 9.17) is 20.9 Å². The van der Waals surface area contributed by atoms with Crippen LogP contribution in [0.1, 0.15) is 36.9 Å². The van der Waals surface area contributed by atoms with E-state index in [1.165, 1.54) is 0 Å². The summed E-state index contributed by atoms with van der Waals surface area (Å²) in [6.07, 6.45) is 3.77. The number of carbonyl (C=O) groups is 1. The summed E-state index contributed by atoms with van der Waals surface area (Å²) in [5.74, 6) is 1.42. The smallest absolute Gasteiger partial charge is 0.230 e. The van der Waals surface area contributed by atoms with Crippen LogP contribution in [-0.4, -0.2) is 18.2 Å². The molecule has 5 nitrogen and oxygen atoms in total. The number of aromatic nitrogens is 1. The Bertz CT molecular complexity index is 991. The molecule has 1 amide bonds. The summed E-state index contributed by atoms with van der Waals surface area (Å²) in [6, 6.07) is 17.1. The maximum absolute atomic E-state index is 13.2. The minimum Gasteiger partial charge on any atom is -0.497 e. The van der Waals surface area contributed by atoms with Gasteiger partial charge in [-0.15, -0.1) is 0 Å². The van der Waals surface area contributed by atoms with Gasteiger partial charge in [0.15, 0.2) is 5.76 Å². The predicted octanol–water partition coefficient (Wildman–Crippen LogP) is 5.13. The number of halogens is 1. The number of nitrogens with one attached hydrogen (secondary N) is 1. The maximum atomic E-state index is 13.2. The molecular formula is C23H23ClN2O3. The molecule has 0 spiro atoms. The van der Waals surface area contributed by atoms with Crippen molar-refractivity contribution < 1.29 is 14.1 Å². The molecule has 1 aliphatic carbocycles. The molecule has 1 saturated carbocycles. The van der Waals surface area contributed by atoms with Crippen LogP contribution in [0.25, 0.3) is 11.3 Å². The highest BCUT2D eigenvalue weighted by atomic mass is 35.5. The van der Waals surface area contributed by atoms with E-state index in [0.29, 0.717) is 23.0 Å². The summed E-state index contributed by atoms with van der Waals surface area (Å²) in [6.45, 7) is 0.321. The van der Waals surface area contributed by atoms with Crippen LogP contribution in [0, 0.1) is 0 Å². The van der Waals surface area contributed by atoms with E-state index in [9.17, 15) is 4.79 Å². The van der Waals surface area contributed by atoms with Crippen molar-refractivity contribution in [2.75, 3.05) is 7.11 Å². The van der Waals surface area contributed by atoms with Crippen molar-refractivity contribution in [2.45, 2.75) is 37.6 Å². The minimum atomic E-state index is -0.496. The summed E-state index contributed by atoms with van der Waals surface area (Å²) < 4.78 is 10.7. The summed E-state index contributed by atoms with van der Waals surface area (Å²) in [5.41, 5.74) is 2.08. The molecule has 0 saturated heterocycles. The number of amides is 1. The Morgan fingerprint density at radius 3 is 2.66 bits per heavy atom. The van der Waals surface area contributed by atoms with Gasteiger partial charge in [-0.3, -0.25) is 4.79 Å². The third-order valence-electron chi connectivity index (χ3n) is 5.63. The fraction of sp³-hybridized carbons (Fsp3) is 0.304. The van der Waals surface area contributed by atoms with Crippen LogP contribution in [0.2, 0.25) is 5.02 Å². The molecule has 0 radical (unpaired) electrons. The van der Waals surface area contributed by atoms with Gasteiger partial charge in [-0.1, -0.05) is 53.9 Å². The molecule has 150 valence electrons. The Hall–Kier alpha value is -2.79. The summed E-state index contributed by atoms with van der Waals surface area (Å²) >= 11 is 6.03. The summed E-state index contributed by atoms with van der Waals surface area (Å²) in [5, 5.41) is 7.84. The maximum Gasteiger partial charge on any atom is 0.230 e. The van der Waals surface area contributed by atoms with Gasteiger partial charge in [0.2, 0.25) is 5.91 Å². The molecule has 0 aliphatic heterocycles. The third-order valence-corrected chi connectivity index (χ3v) is 5.88. The second kappa shape index (κ2) is 8.29. The average molecular weight is 411 g/mol. The summed E-state index contributed by atoms with van der Waals surface area (Å²) in [4.78, 5) is 13.2. The normalized spacial score (nSPS) is 15.2. The van der Waals surface area contributed by atoms with E-state index in [0.717, 1.165) is 42.6 Å². The Kier molecular flexibility index (Phi) is 5.58. The van der Waals surface area contributed by atoms with Gasteiger partial charge < -0.3 is 14.6 Å². The lowest BCUT2D eigenvalue weighted by molar-refractivity contribution is -0.126. The second-order valence-electron chi connectivity index (χ2n) is 7.39. The van der Waals surface area contributed by atoms with Crippen molar-refractivity contribution in [3.05, 3.63) is 70.9 Å². The molecule has 29 heavy (non-hydrogen) atoms. The number of ether oxygens (including phenoxy) is 1. The Morgan fingerprint density at radius 1 is 1.17 bits per heavy atom. The van der Waals surface area contributed by atoms with Crippen LogP contribution in [-0.2, 0) is 16.8 Å². The average Bonchev–Trinajstić information content (AvgIpc) is 3.43. The number of benzene rings is 2. The quantitative estimate of drug-likeness (QED) is 0.611. The zero-order valence-corrected chi connectivity index (χ0v) is 17.0. The zero-order chi connectivity index (χ0) is 20.3.